The summed E-state index contributed by atoms with van der Waals surface area (Å²) < 4.78 is 1.83. The number of anilines is 2. The summed E-state index contributed by atoms with van der Waals surface area (Å²) in [6, 6.07) is 13.2. The minimum absolute atomic E-state index is 0.140. The van der Waals surface area contributed by atoms with Crippen molar-refractivity contribution in [1.82, 2.24) is 14.8 Å². The van der Waals surface area contributed by atoms with E-state index in [1.807, 2.05) is 59.5 Å². The Labute approximate surface area is 172 Å². The molecule has 3 aromatic rings. The fourth-order valence-electron chi connectivity index (χ4n) is 3.11. The van der Waals surface area contributed by atoms with Gasteiger partial charge in [-0.25, -0.2) is 4.68 Å². The molecule has 0 saturated heterocycles. The Morgan fingerprint density at radius 2 is 2.11 bits per heavy atom. The molecule has 1 aromatic carbocycles. The first-order valence-corrected chi connectivity index (χ1v) is 11.0. The normalized spacial score (nSPS) is 15.9. The maximum Gasteiger partial charge on any atom is 0.255 e. The molecule has 3 heterocycles. The molecule has 28 heavy (non-hydrogen) atoms. The van der Waals surface area contributed by atoms with Crippen molar-refractivity contribution < 1.29 is 4.79 Å². The first-order chi connectivity index (χ1) is 13.7. The summed E-state index contributed by atoms with van der Waals surface area (Å²) in [5.41, 5.74) is 2.20. The topological polar surface area (TPSA) is 71.8 Å². The predicted octanol–water partition coefficient (Wildman–Crippen LogP) is 4.77. The van der Waals surface area contributed by atoms with E-state index in [-0.39, 0.29) is 11.9 Å². The van der Waals surface area contributed by atoms with Crippen molar-refractivity contribution in [3.63, 3.8) is 0 Å². The number of hydrogen-bond acceptors (Lipinski definition) is 6. The smallest absolute Gasteiger partial charge is 0.255 e. The summed E-state index contributed by atoms with van der Waals surface area (Å²) in [6.07, 6.45) is 1.05. The second-order valence-electron chi connectivity index (χ2n) is 6.41. The van der Waals surface area contributed by atoms with Gasteiger partial charge in [-0.15, -0.1) is 16.4 Å². The van der Waals surface area contributed by atoms with E-state index in [4.69, 9.17) is 5.10 Å². The van der Waals surface area contributed by atoms with Gasteiger partial charge in [-0.1, -0.05) is 43.0 Å². The molecule has 0 aliphatic carbocycles. The molecule has 144 valence electrons. The SMILES string of the molecule is CCCSc1nc2n(n1)C(c1cccs1)C(C(=O)Nc1ccccc1)=C(C)N2. The van der Waals surface area contributed by atoms with Gasteiger partial charge in [0.15, 0.2) is 0 Å². The zero-order chi connectivity index (χ0) is 19.5. The monoisotopic (exact) mass is 411 g/mol. The van der Waals surface area contributed by atoms with Crippen LogP contribution in [0.3, 0.4) is 0 Å². The van der Waals surface area contributed by atoms with Crippen molar-refractivity contribution in [2.75, 3.05) is 16.4 Å². The van der Waals surface area contributed by atoms with E-state index in [0.29, 0.717) is 11.5 Å². The number of carbonyl (C=O) groups is 1. The molecule has 1 unspecified atom stereocenters. The van der Waals surface area contributed by atoms with E-state index < -0.39 is 0 Å². The molecule has 0 radical (unpaired) electrons. The minimum atomic E-state index is -0.302. The summed E-state index contributed by atoms with van der Waals surface area (Å²) in [6.45, 7) is 4.05. The number of aromatic nitrogens is 3. The average molecular weight is 412 g/mol. The van der Waals surface area contributed by atoms with Crippen molar-refractivity contribution in [2.45, 2.75) is 31.5 Å². The number of benzene rings is 1. The van der Waals surface area contributed by atoms with Crippen molar-refractivity contribution in [1.29, 1.82) is 0 Å². The zero-order valence-corrected chi connectivity index (χ0v) is 17.3. The third-order valence-electron chi connectivity index (χ3n) is 4.36. The summed E-state index contributed by atoms with van der Waals surface area (Å²) in [5.74, 6) is 1.49. The number of allylic oxidation sites excluding steroid dienone is 1. The maximum absolute atomic E-state index is 13.2. The molecule has 0 fully saturated rings. The molecule has 4 rings (SSSR count). The standard InChI is InChI=1S/C20H21N5OS2/c1-3-11-28-20-23-19-21-13(2)16(18(26)22-14-8-5-4-6-9-14)17(25(19)24-20)15-10-7-12-27-15/h4-10,12,17H,3,11H2,1-2H3,(H,22,26)(H,21,23,24). The molecule has 0 spiro atoms. The van der Waals surface area contributed by atoms with Gasteiger partial charge in [-0.05, 0) is 36.9 Å². The minimum Gasteiger partial charge on any atom is -0.328 e. The lowest BCUT2D eigenvalue weighted by atomic mass is 10.0. The van der Waals surface area contributed by atoms with Crippen LogP contribution in [0.5, 0.6) is 0 Å². The lowest BCUT2D eigenvalue weighted by Gasteiger charge is -2.27. The van der Waals surface area contributed by atoms with Crippen LogP contribution in [-0.2, 0) is 4.79 Å². The molecule has 1 aliphatic rings. The number of thiophene rings is 1. The van der Waals surface area contributed by atoms with E-state index in [9.17, 15) is 4.79 Å². The van der Waals surface area contributed by atoms with Crippen LogP contribution in [-0.4, -0.2) is 26.4 Å². The van der Waals surface area contributed by atoms with Crippen LogP contribution >= 0.6 is 23.1 Å². The average Bonchev–Trinajstić information content (AvgIpc) is 3.35. The summed E-state index contributed by atoms with van der Waals surface area (Å²) in [4.78, 5) is 18.9. The quantitative estimate of drug-likeness (QED) is 0.572. The van der Waals surface area contributed by atoms with Crippen LogP contribution in [0.15, 0.2) is 64.3 Å². The van der Waals surface area contributed by atoms with E-state index in [0.717, 1.165) is 33.6 Å². The molecule has 2 aromatic heterocycles. The van der Waals surface area contributed by atoms with E-state index in [1.165, 1.54) is 0 Å². The van der Waals surface area contributed by atoms with Crippen molar-refractivity contribution in [3.05, 3.63) is 64.0 Å². The maximum atomic E-state index is 13.2. The third-order valence-corrected chi connectivity index (χ3v) is 6.33. The van der Waals surface area contributed by atoms with Crippen molar-refractivity contribution in [2.24, 2.45) is 0 Å². The predicted molar refractivity (Wildman–Crippen MR) is 115 cm³/mol. The highest BCUT2D eigenvalue weighted by atomic mass is 32.2. The van der Waals surface area contributed by atoms with Gasteiger partial charge in [-0.2, -0.15) is 4.98 Å². The summed E-state index contributed by atoms with van der Waals surface area (Å²) >= 11 is 3.24. The molecule has 2 N–H and O–H groups in total. The number of amides is 1. The van der Waals surface area contributed by atoms with Crippen LogP contribution in [0.25, 0.3) is 0 Å². The van der Waals surface area contributed by atoms with Crippen LogP contribution in [0.2, 0.25) is 0 Å². The first-order valence-electron chi connectivity index (χ1n) is 9.14. The number of fused-ring (bicyclic) bond motifs is 1. The Morgan fingerprint density at radius 1 is 1.29 bits per heavy atom. The van der Waals surface area contributed by atoms with Gasteiger partial charge in [0.1, 0.15) is 6.04 Å². The van der Waals surface area contributed by atoms with E-state index in [1.54, 1.807) is 23.1 Å². The Balaban J connectivity index is 1.72. The highest BCUT2D eigenvalue weighted by Crippen LogP contribution is 2.38. The molecule has 1 atom stereocenters. The van der Waals surface area contributed by atoms with Gasteiger partial charge in [0, 0.05) is 22.0 Å². The van der Waals surface area contributed by atoms with Crippen molar-refractivity contribution in [3.8, 4) is 0 Å². The van der Waals surface area contributed by atoms with E-state index >= 15 is 0 Å². The van der Waals surface area contributed by atoms with Crippen molar-refractivity contribution >= 4 is 40.6 Å². The summed E-state index contributed by atoms with van der Waals surface area (Å²) in [5, 5.41) is 13.7. The van der Waals surface area contributed by atoms with Gasteiger partial charge in [0.25, 0.3) is 5.91 Å². The lowest BCUT2D eigenvalue weighted by Crippen LogP contribution is -2.31. The van der Waals surface area contributed by atoms with E-state index in [2.05, 4.69) is 22.5 Å². The van der Waals surface area contributed by atoms with Crippen LogP contribution < -0.4 is 10.6 Å². The highest BCUT2D eigenvalue weighted by molar-refractivity contribution is 7.99. The van der Waals surface area contributed by atoms with Crippen LogP contribution in [0.4, 0.5) is 11.6 Å². The molecular formula is C20H21N5OS2. The molecule has 1 amide bonds. The van der Waals surface area contributed by atoms with Gasteiger partial charge in [-0.3, -0.25) is 4.79 Å². The van der Waals surface area contributed by atoms with Gasteiger partial charge in [0.05, 0.1) is 5.57 Å². The fraction of sp³-hybridized carbons (Fsp3) is 0.250. The number of para-hydroxylation sites is 1. The molecule has 1 aliphatic heterocycles. The Morgan fingerprint density at radius 3 is 2.82 bits per heavy atom. The number of carbonyl (C=O) groups excluding carboxylic acids is 1. The van der Waals surface area contributed by atoms with Gasteiger partial charge in [0.2, 0.25) is 11.1 Å². The number of nitrogens with one attached hydrogen (secondary N) is 2. The Kier molecular flexibility index (Phi) is 5.50. The second kappa shape index (κ2) is 8.20. The lowest BCUT2D eigenvalue weighted by molar-refractivity contribution is -0.113. The zero-order valence-electron chi connectivity index (χ0n) is 15.7. The first kappa shape index (κ1) is 18.8. The number of thioether (sulfide) groups is 1. The largest absolute Gasteiger partial charge is 0.328 e. The fourth-order valence-corrected chi connectivity index (χ4v) is 4.61. The molecule has 0 bridgehead atoms. The number of nitrogens with zero attached hydrogens (tertiary/aromatic N) is 3. The number of rotatable bonds is 6. The number of hydrogen-bond donors (Lipinski definition) is 2. The molecule has 8 heteroatoms. The third kappa shape index (κ3) is 3.70. The highest BCUT2D eigenvalue weighted by Gasteiger charge is 2.34. The Hall–Kier alpha value is -2.58. The molecular weight excluding hydrogens is 390 g/mol. The summed E-state index contributed by atoms with van der Waals surface area (Å²) in [7, 11) is 0. The molecule has 6 nitrogen and oxygen atoms in total. The van der Waals surface area contributed by atoms with Gasteiger partial charge < -0.3 is 10.6 Å². The second-order valence-corrected chi connectivity index (χ2v) is 8.45. The van der Waals surface area contributed by atoms with Gasteiger partial charge >= 0.3 is 0 Å². The Bertz CT molecular complexity index is 995. The van der Waals surface area contributed by atoms with Crippen LogP contribution in [0, 0.1) is 0 Å². The molecule has 0 saturated carbocycles. The van der Waals surface area contributed by atoms with Crippen LogP contribution in [0.1, 0.15) is 31.2 Å².